The zero-order valence-corrected chi connectivity index (χ0v) is 11.5. The van der Waals surface area contributed by atoms with Crippen LogP contribution in [0.5, 0.6) is 0 Å². The first kappa shape index (κ1) is 15.0. The van der Waals surface area contributed by atoms with Gasteiger partial charge >= 0.3 is 0 Å². The maximum atomic E-state index is 13.4. The summed E-state index contributed by atoms with van der Waals surface area (Å²) in [5.41, 5.74) is -0.118. The van der Waals surface area contributed by atoms with E-state index < -0.39 is 16.8 Å². The van der Waals surface area contributed by atoms with Crippen LogP contribution < -0.4 is 4.90 Å². The highest BCUT2D eigenvalue weighted by Gasteiger charge is 2.30. The molecule has 2 unspecified atom stereocenters. The monoisotopic (exact) mass is 304 g/mol. The van der Waals surface area contributed by atoms with E-state index in [1.165, 1.54) is 6.07 Å². The summed E-state index contributed by atoms with van der Waals surface area (Å²) >= 11 is 5.71. The van der Waals surface area contributed by atoms with Crippen molar-refractivity contribution >= 4 is 23.0 Å². The number of ether oxygens (including phenoxy) is 1. The van der Waals surface area contributed by atoms with Crippen molar-refractivity contribution in [3.05, 3.63) is 33.1 Å². The predicted octanol–water partition coefficient (Wildman–Crippen LogP) is 1.97. The molecule has 1 aliphatic rings. The number of rotatable bonds is 3. The SMILES string of the molecule is CC1CN(c2cc(Cl)c(F)cc2[N+](=O)[O-])CC(CO)O1. The third kappa shape index (κ3) is 3.00. The van der Waals surface area contributed by atoms with Gasteiger partial charge in [-0.1, -0.05) is 11.6 Å². The van der Waals surface area contributed by atoms with Crippen LogP contribution >= 0.6 is 11.6 Å². The first-order valence-corrected chi connectivity index (χ1v) is 6.45. The van der Waals surface area contributed by atoms with Gasteiger partial charge in [0, 0.05) is 13.1 Å². The van der Waals surface area contributed by atoms with Crippen molar-refractivity contribution in [3.63, 3.8) is 0 Å². The molecule has 1 aromatic carbocycles. The molecule has 6 nitrogen and oxygen atoms in total. The molecule has 0 aromatic heterocycles. The van der Waals surface area contributed by atoms with Crippen LogP contribution in [0.2, 0.25) is 5.02 Å². The van der Waals surface area contributed by atoms with Gasteiger partial charge in [0.25, 0.3) is 5.69 Å². The van der Waals surface area contributed by atoms with E-state index in [9.17, 15) is 19.6 Å². The number of nitrogens with zero attached hydrogens (tertiary/aromatic N) is 2. The summed E-state index contributed by atoms with van der Waals surface area (Å²) in [6, 6.07) is 2.05. The van der Waals surface area contributed by atoms with Gasteiger partial charge in [0.05, 0.1) is 34.8 Å². The van der Waals surface area contributed by atoms with Gasteiger partial charge in [-0.2, -0.15) is 0 Å². The normalized spacial score (nSPS) is 22.9. The summed E-state index contributed by atoms with van der Waals surface area (Å²) in [6.45, 7) is 2.29. The lowest BCUT2D eigenvalue weighted by atomic mass is 10.1. The Bertz CT molecular complexity index is 528. The number of hydrogen-bond donors (Lipinski definition) is 1. The van der Waals surface area contributed by atoms with E-state index >= 15 is 0 Å². The lowest BCUT2D eigenvalue weighted by Crippen LogP contribution is -2.48. The van der Waals surface area contributed by atoms with Gasteiger partial charge in [-0.25, -0.2) is 4.39 Å². The minimum absolute atomic E-state index is 0.176. The highest BCUT2D eigenvalue weighted by Crippen LogP contribution is 2.34. The van der Waals surface area contributed by atoms with Gasteiger partial charge in [0.1, 0.15) is 11.5 Å². The van der Waals surface area contributed by atoms with E-state index in [-0.39, 0.29) is 35.7 Å². The zero-order valence-electron chi connectivity index (χ0n) is 10.8. The molecule has 1 fully saturated rings. The molecule has 1 aliphatic heterocycles. The fourth-order valence-electron chi connectivity index (χ4n) is 2.27. The summed E-state index contributed by atoms with van der Waals surface area (Å²) in [5, 5.41) is 20.1. The Balaban J connectivity index is 2.40. The summed E-state index contributed by atoms with van der Waals surface area (Å²) in [6.07, 6.45) is -0.647. The molecule has 0 saturated carbocycles. The van der Waals surface area contributed by atoms with Crippen molar-refractivity contribution in [2.75, 3.05) is 24.6 Å². The fourth-order valence-corrected chi connectivity index (χ4v) is 2.43. The zero-order chi connectivity index (χ0) is 14.9. The molecular formula is C12H14ClFN2O4. The molecule has 1 N–H and O–H groups in total. The summed E-state index contributed by atoms with van der Waals surface area (Å²) in [4.78, 5) is 12.1. The minimum Gasteiger partial charge on any atom is -0.394 e. The van der Waals surface area contributed by atoms with Crippen molar-refractivity contribution in [2.45, 2.75) is 19.1 Å². The van der Waals surface area contributed by atoms with E-state index in [4.69, 9.17) is 16.3 Å². The lowest BCUT2D eigenvalue weighted by molar-refractivity contribution is -0.384. The van der Waals surface area contributed by atoms with Gasteiger partial charge in [-0.3, -0.25) is 10.1 Å². The molecule has 0 radical (unpaired) electrons. The number of halogens is 2. The third-order valence-corrected chi connectivity index (χ3v) is 3.37. The number of aliphatic hydroxyl groups excluding tert-OH is 1. The number of anilines is 1. The molecule has 1 saturated heterocycles. The highest BCUT2D eigenvalue weighted by molar-refractivity contribution is 6.31. The van der Waals surface area contributed by atoms with Crippen molar-refractivity contribution in [3.8, 4) is 0 Å². The molecular weight excluding hydrogens is 291 g/mol. The van der Waals surface area contributed by atoms with E-state index in [0.29, 0.717) is 6.54 Å². The summed E-state index contributed by atoms with van der Waals surface area (Å²) < 4.78 is 18.9. The number of nitro groups is 1. The second-order valence-corrected chi connectivity index (χ2v) is 5.08. The number of benzene rings is 1. The Kier molecular flexibility index (Phi) is 4.42. The second-order valence-electron chi connectivity index (χ2n) is 4.67. The standard InChI is InChI=1S/C12H14ClFN2O4/c1-7-4-15(5-8(6-17)20-7)11-2-9(13)10(14)3-12(11)16(18)19/h2-3,7-8,17H,4-6H2,1H3. The first-order chi connectivity index (χ1) is 9.42. The smallest absolute Gasteiger partial charge is 0.295 e. The molecule has 2 rings (SSSR count). The van der Waals surface area contributed by atoms with Crippen molar-refractivity contribution in [1.82, 2.24) is 0 Å². The number of aliphatic hydroxyl groups is 1. The Morgan fingerprint density at radius 3 is 2.90 bits per heavy atom. The predicted molar refractivity (Wildman–Crippen MR) is 71.7 cm³/mol. The van der Waals surface area contributed by atoms with Crippen LogP contribution in [0, 0.1) is 15.9 Å². The molecule has 0 spiro atoms. The Morgan fingerprint density at radius 1 is 1.60 bits per heavy atom. The average Bonchev–Trinajstić information content (AvgIpc) is 2.40. The van der Waals surface area contributed by atoms with E-state index in [1.807, 2.05) is 0 Å². The number of morpholine rings is 1. The molecule has 8 heteroatoms. The largest absolute Gasteiger partial charge is 0.394 e. The van der Waals surface area contributed by atoms with E-state index in [2.05, 4.69) is 0 Å². The van der Waals surface area contributed by atoms with Crippen LogP contribution in [0.25, 0.3) is 0 Å². The van der Waals surface area contributed by atoms with Gasteiger partial charge in [-0.05, 0) is 13.0 Å². The molecule has 1 heterocycles. The van der Waals surface area contributed by atoms with Gasteiger partial charge in [-0.15, -0.1) is 0 Å². The van der Waals surface area contributed by atoms with Crippen LogP contribution in [-0.2, 0) is 4.74 Å². The molecule has 1 aromatic rings. The average molecular weight is 305 g/mol. The Morgan fingerprint density at radius 2 is 2.30 bits per heavy atom. The second kappa shape index (κ2) is 5.90. The van der Waals surface area contributed by atoms with E-state index in [0.717, 1.165) is 6.07 Å². The molecule has 0 bridgehead atoms. The number of hydrogen-bond acceptors (Lipinski definition) is 5. The molecule has 110 valence electrons. The Hall–Kier alpha value is -1.44. The Labute approximate surface area is 119 Å². The molecule has 0 aliphatic carbocycles. The summed E-state index contributed by atoms with van der Waals surface area (Å²) in [5.74, 6) is -0.831. The van der Waals surface area contributed by atoms with Gasteiger partial charge < -0.3 is 14.7 Å². The molecule has 0 amide bonds. The number of nitro benzene ring substituents is 1. The minimum atomic E-state index is -0.831. The van der Waals surface area contributed by atoms with Crippen molar-refractivity contribution in [2.24, 2.45) is 0 Å². The van der Waals surface area contributed by atoms with E-state index in [1.54, 1.807) is 11.8 Å². The van der Waals surface area contributed by atoms with Crippen LogP contribution in [0.15, 0.2) is 12.1 Å². The highest BCUT2D eigenvalue weighted by atomic mass is 35.5. The molecule has 20 heavy (non-hydrogen) atoms. The fraction of sp³-hybridized carbons (Fsp3) is 0.500. The summed E-state index contributed by atoms with van der Waals surface area (Å²) in [7, 11) is 0. The van der Waals surface area contributed by atoms with Gasteiger partial charge in [0.2, 0.25) is 0 Å². The maximum Gasteiger partial charge on any atom is 0.295 e. The van der Waals surface area contributed by atoms with Crippen LogP contribution in [-0.4, -0.2) is 41.9 Å². The van der Waals surface area contributed by atoms with Crippen LogP contribution in [0.4, 0.5) is 15.8 Å². The third-order valence-electron chi connectivity index (χ3n) is 3.08. The van der Waals surface area contributed by atoms with Crippen LogP contribution in [0.3, 0.4) is 0 Å². The quantitative estimate of drug-likeness (QED) is 0.682. The van der Waals surface area contributed by atoms with Crippen LogP contribution in [0.1, 0.15) is 6.92 Å². The first-order valence-electron chi connectivity index (χ1n) is 6.07. The maximum absolute atomic E-state index is 13.4. The molecule has 2 atom stereocenters. The lowest BCUT2D eigenvalue weighted by Gasteiger charge is -2.37. The van der Waals surface area contributed by atoms with Crippen molar-refractivity contribution in [1.29, 1.82) is 0 Å². The topological polar surface area (TPSA) is 75.8 Å². The van der Waals surface area contributed by atoms with Crippen molar-refractivity contribution < 1.29 is 19.2 Å². The van der Waals surface area contributed by atoms with Gasteiger partial charge in [0.15, 0.2) is 0 Å².